The number of thioether (sulfide) groups is 1. The highest BCUT2D eigenvalue weighted by atomic mass is 32.2. The van der Waals surface area contributed by atoms with E-state index in [0.29, 0.717) is 14.6 Å². The highest BCUT2D eigenvalue weighted by Gasteiger charge is 2.39. The number of carboxylic acids is 1. The molecule has 0 atom stereocenters. The molecule has 0 aliphatic heterocycles. The van der Waals surface area contributed by atoms with Gasteiger partial charge in [0.1, 0.15) is 5.84 Å². The number of carboxylic acid groups (broad SMARTS) is 1. The number of rotatable bonds is 6. The van der Waals surface area contributed by atoms with Gasteiger partial charge < -0.3 is 10.8 Å². The van der Waals surface area contributed by atoms with Crippen molar-refractivity contribution in [2.45, 2.75) is 26.4 Å². The second kappa shape index (κ2) is 11.6. The maximum Gasteiger partial charge on any atom is 0.490 e. The fourth-order valence-electron chi connectivity index (χ4n) is 2.79. The van der Waals surface area contributed by atoms with Crippen LogP contribution < -0.4 is 5.73 Å². The highest BCUT2D eigenvalue weighted by Crippen LogP contribution is 2.37. The first-order valence-electron chi connectivity index (χ1n) is 9.79. The van der Waals surface area contributed by atoms with Gasteiger partial charge in [-0.05, 0) is 41.6 Å². The zero-order valence-corrected chi connectivity index (χ0v) is 21.3. The predicted molar refractivity (Wildman–Crippen MR) is 129 cm³/mol. The lowest BCUT2D eigenvalue weighted by molar-refractivity contribution is -0.192. The smallest absolute Gasteiger partial charge is 0.475 e. The average molecular weight is 599 g/mol. The van der Waals surface area contributed by atoms with E-state index in [4.69, 9.17) is 21.0 Å². The van der Waals surface area contributed by atoms with E-state index in [1.54, 1.807) is 12.3 Å². The molecular formula is C22H16F6N2O5S3. The number of nitrogens with two attached hydrogens (primary N) is 1. The van der Waals surface area contributed by atoms with E-state index >= 15 is 0 Å². The summed E-state index contributed by atoms with van der Waals surface area (Å²) in [6.45, 7) is 0. The molecular weight excluding hydrogens is 582 g/mol. The summed E-state index contributed by atoms with van der Waals surface area (Å²) >= 11 is 2.29. The van der Waals surface area contributed by atoms with Crippen LogP contribution in [-0.4, -0.2) is 49.7 Å². The molecule has 38 heavy (non-hydrogen) atoms. The van der Waals surface area contributed by atoms with Crippen molar-refractivity contribution >= 4 is 50.5 Å². The van der Waals surface area contributed by atoms with E-state index in [1.165, 1.54) is 48.2 Å². The summed E-state index contributed by atoms with van der Waals surface area (Å²) in [6.07, 6.45) is -8.39. The van der Waals surface area contributed by atoms with Crippen LogP contribution in [0.25, 0.3) is 11.1 Å². The third-order valence-electron chi connectivity index (χ3n) is 4.51. The molecule has 3 rings (SSSR count). The number of sulfone groups is 1. The second-order valence-electron chi connectivity index (χ2n) is 7.12. The highest BCUT2D eigenvalue weighted by molar-refractivity contribution is 8.01. The molecule has 0 bridgehead atoms. The van der Waals surface area contributed by atoms with Crippen LogP contribution in [0.15, 0.2) is 68.6 Å². The molecule has 0 saturated carbocycles. The molecule has 0 aliphatic rings. The number of halogens is 6. The quantitative estimate of drug-likeness (QED) is 0.110. The molecule has 0 unspecified atom stereocenters. The molecule has 4 N–H and O–H groups in total. The Morgan fingerprint density at radius 1 is 0.947 bits per heavy atom. The second-order valence-corrected chi connectivity index (χ2v) is 11.2. The van der Waals surface area contributed by atoms with Crippen LogP contribution in [0.4, 0.5) is 26.3 Å². The maximum atomic E-state index is 13.2. The number of nitrogens with one attached hydrogen (secondary N) is 1. The van der Waals surface area contributed by atoms with Crippen LogP contribution in [0.2, 0.25) is 0 Å². The van der Waals surface area contributed by atoms with Gasteiger partial charge in [0.2, 0.25) is 9.84 Å². The zero-order chi connectivity index (χ0) is 29.1. The molecule has 204 valence electrons. The lowest BCUT2D eigenvalue weighted by Crippen LogP contribution is -2.22. The topological polar surface area (TPSA) is 138 Å². The van der Waals surface area contributed by atoms with Crippen molar-refractivity contribution in [2.24, 2.45) is 5.73 Å². The molecule has 3 aromatic rings. The van der Waals surface area contributed by atoms with Crippen LogP contribution in [0.3, 0.4) is 0 Å². The molecule has 0 fully saturated rings. The minimum absolute atomic E-state index is 0.00773. The van der Waals surface area contributed by atoms with Crippen LogP contribution >= 0.6 is 23.1 Å². The lowest BCUT2D eigenvalue weighted by Gasteiger charge is -2.09. The Balaban J connectivity index is 0.000000638. The Labute approximate surface area is 219 Å². The minimum atomic E-state index is -5.08. The number of hydrogen-bond donors (Lipinski definition) is 3. The van der Waals surface area contributed by atoms with Crippen molar-refractivity contribution in [2.75, 3.05) is 6.26 Å². The number of benzene rings is 2. The molecule has 0 aliphatic carbocycles. The number of alkyl halides is 6. The minimum Gasteiger partial charge on any atom is -0.475 e. The third kappa shape index (κ3) is 7.35. The number of nitrogen functional groups attached to an aromatic ring is 1. The first kappa shape index (κ1) is 30.9. The van der Waals surface area contributed by atoms with Crippen LogP contribution in [-0.2, 0) is 14.6 Å². The molecule has 16 heteroatoms. The van der Waals surface area contributed by atoms with E-state index in [2.05, 4.69) is 0 Å². The Kier molecular flexibility index (Phi) is 9.39. The largest absolute Gasteiger partial charge is 0.490 e. The van der Waals surface area contributed by atoms with Gasteiger partial charge in [0.15, 0.2) is 0 Å². The van der Waals surface area contributed by atoms with Crippen LogP contribution in [0.5, 0.6) is 0 Å². The average Bonchev–Trinajstić information content (AvgIpc) is 3.29. The summed E-state index contributed by atoms with van der Waals surface area (Å²) in [5, 5.41) is 14.7. The normalized spacial score (nSPS) is 11.9. The summed E-state index contributed by atoms with van der Waals surface area (Å²) < 4.78 is 96.9. The molecule has 1 aromatic heterocycles. The van der Waals surface area contributed by atoms with Gasteiger partial charge in [-0.15, -0.1) is 23.1 Å². The monoisotopic (exact) mass is 598 g/mol. The van der Waals surface area contributed by atoms with Crippen molar-refractivity contribution in [1.29, 1.82) is 5.41 Å². The Bertz CT molecular complexity index is 1480. The fraction of sp³-hybridized carbons (Fsp3) is 0.136. The van der Waals surface area contributed by atoms with Gasteiger partial charge in [-0.2, -0.15) is 26.3 Å². The van der Waals surface area contributed by atoms with Crippen molar-refractivity contribution < 1.29 is 49.5 Å². The number of thiophene rings is 1. The lowest BCUT2D eigenvalue weighted by atomic mass is 10.0. The van der Waals surface area contributed by atoms with Crippen LogP contribution in [0.1, 0.15) is 15.2 Å². The van der Waals surface area contributed by atoms with E-state index in [9.17, 15) is 39.6 Å². The molecule has 0 amide bonds. The van der Waals surface area contributed by atoms with Gasteiger partial charge in [0.25, 0.3) is 5.78 Å². The molecule has 1 heterocycles. The van der Waals surface area contributed by atoms with E-state index in [1.807, 2.05) is 0 Å². The summed E-state index contributed by atoms with van der Waals surface area (Å²) in [5.41, 5.74) is 5.56. The maximum absolute atomic E-state index is 13.2. The van der Waals surface area contributed by atoms with Gasteiger partial charge in [0, 0.05) is 5.56 Å². The number of aliphatic carboxylic acids is 1. The number of amidine groups is 1. The van der Waals surface area contributed by atoms with Gasteiger partial charge in [-0.25, -0.2) is 13.2 Å². The van der Waals surface area contributed by atoms with Crippen molar-refractivity contribution in [1.82, 2.24) is 0 Å². The first-order valence-corrected chi connectivity index (χ1v) is 13.3. The fourth-order valence-corrected chi connectivity index (χ4v) is 6.70. The molecule has 0 saturated heterocycles. The Morgan fingerprint density at radius 2 is 1.47 bits per heavy atom. The number of Topliss-reactive ketones (excluding diaryl/α,β-unsaturated/α-hetero) is 1. The van der Waals surface area contributed by atoms with Gasteiger partial charge in [-0.3, -0.25) is 10.2 Å². The SMILES string of the molecule is CSc1sc(C(=N)N)cc1S(=O)(=O)c1cccc(-c2cccc(C(=O)C(F)(F)F)c2)c1.O=C(O)C(F)(F)F. The van der Waals surface area contributed by atoms with Gasteiger partial charge in [-0.1, -0.05) is 30.3 Å². The molecule has 0 spiro atoms. The van der Waals surface area contributed by atoms with Crippen LogP contribution in [0, 0.1) is 5.41 Å². The van der Waals surface area contributed by atoms with E-state index < -0.39 is 39.5 Å². The van der Waals surface area contributed by atoms with E-state index in [-0.39, 0.29) is 21.2 Å². The van der Waals surface area contributed by atoms with Crippen molar-refractivity contribution in [3.63, 3.8) is 0 Å². The number of carbonyl (C=O) groups excluding carboxylic acids is 1. The Morgan fingerprint density at radius 3 is 1.95 bits per heavy atom. The van der Waals surface area contributed by atoms with E-state index in [0.717, 1.165) is 23.5 Å². The van der Waals surface area contributed by atoms with Gasteiger partial charge in [0.05, 0.1) is 18.9 Å². The zero-order valence-electron chi connectivity index (χ0n) is 18.8. The molecule has 2 aromatic carbocycles. The standard InChI is InChI=1S/C20H15F3N2O3S3.C2HF3O2/c1-29-19-16(10-15(30-19)18(24)25)31(27,28)14-7-3-5-12(9-14)11-4-2-6-13(8-11)17(26)20(21,22)23;3-2(4,5)1(6)7/h2-10H,1H3,(H3,24,25);(H,6,7). The number of hydrogen-bond acceptors (Lipinski definition) is 7. The predicted octanol–water partition coefficient (Wildman–Crippen LogP) is 5.63. The number of ketones is 1. The number of carbonyl (C=O) groups is 2. The Hall–Kier alpha value is -3.37. The molecule has 7 nitrogen and oxygen atoms in total. The summed E-state index contributed by atoms with van der Waals surface area (Å²) in [5.74, 6) is -4.98. The van der Waals surface area contributed by atoms with Crippen molar-refractivity contribution in [3.8, 4) is 11.1 Å². The van der Waals surface area contributed by atoms with Gasteiger partial charge >= 0.3 is 18.3 Å². The third-order valence-corrected chi connectivity index (χ3v) is 8.85. The summed E-state index contributed by atoms with van der Waals surface area (Å²) in [6, 6.07) is 12.0. The summed E-state index contributed by atoms with van der Waals surface area (Å²) in [4.78, 5) is 20.7. The summed E-state index contributed by atoms with van der Waals surface area (Å²) in [7, 11) is -3.98. The van der Waals surface area contributed by atoms with Crippen molar-refractivity contribution in [3.05, 3.63) is 65.0 Å². The molecule has 0 radical (unpaired) electrons. The first-order chi connectivity index (χ1) is 17.4.